The Morgan fingerprint density at radius 3 is 2.30 bits per heavy atom. The monoisotopic (exact) mass is 338 g/mol. The number of aromatic amines is 1. The number of aromatic nitrogens is 1. The Balaban J connectivity index is 0.00000264. The van der Waals surface area contributed by atoms with E-state index in [1.807, 2.05) is 6.07 Å². The van der Waals surface area contributed by atoms with E-state index in [0.29, 0.717) is 11.8 Å². The fraction of sp³-hybridized carbons (Fsp3) is 0.579. The second-order valence-corrected chi connectivity index (χ2v) is 7.02. The quantitative estimate of drug-likeness (QED) is 0.752. The average Bonchev–Trinajstić information content (AvgIpc) is 2.85. The van der Waals surface area contributed by atoms with Gasteiger partial charge in [-0.25, -0.2) is 0 Å². The minimum atomic E-state index is 0. The Kier molecular flexibility index (Phi) is 7.93. The summed E-state index contributed by atoms with van der Waals surface area (Å²) < 4.78 is 5.35. The summed E-state index contributed by atoms with van der Waals surface area (Å²) in [5.41, 5.74) is 2.57. The molecule has 0 aliphatic heterocycles. The number of hydrogen-bond donors (Lipinski definition) is 1. The van der Waals surface area contributed by atoms with E-state index < -0.39 is 0 Å². The molecule has 0 fully saturated rings. The molecule has 0 saturated heterocycles. The maximum absolute atomic E-state index is 5.35. The van der Waals surface area contributed by atoms with Gasteiger partial charge in [-0.3, -0.25) is 0 Å². The first-order valence-electron chi connectivity index (χ1n) is 8.36. The van der Waals surface area contributed by atoms with Gasteiger partial charge < -0.3 is 14.6 Å². The summed E-state index contributed by atoms with van der Waals surface area (Å²) in [6.45, 7) is 12.6. The second-order valence-electron chi connectivity index (χ2n) is 7.02. The van der Waals surface area contributed by atoms with E-state index in [0.717, 1.165) is 18.7 Å². The highest BCUT2D eigenvalue weighted by Gasteiger charge is 2.11. The fourth-order valence-corrected chi connectivity index (χ4v) is 3.06. The molecule has 0 atom stereocenters. The van der Waals surface area contributed by atoms with Crippen LogP contribution in [0.15, 0.2) is 24.4 Å². The van der Waals surface area contributed by atoms with Crippen molar-refractivity contribution in [1.29, 1.82) is 0 Å². The summed E-state index contributed by atoms with van der Waals surface area (Å²) in [5, 5.41) is 1.29. The SMILES string of the molecule is COc1ccc2[nH]cc(CCN(CC(C)C)CC(C)C)c2c1.Cl. The zero-order chi connectivity index (χ0) is 16.1. The van der Waals surface area contributed by atoms with Crippen LogP contribution in [0.25, 0.3) is 10.9 Å². The van der Waals surface area contributed by atoms with Gasteiger partial charge in [0, 0.05) is 36.7 Å². The number of nitrogens with one attached hydrogen (secondary N) is 1. The van der Waals surface area contributed by atoms with Crippen molar-refractivity contribution in [2.24, 2.45) is 11.8 Å². The Morgan fingerprint density at radius 1 is 1.09 bits per heavy atom. The van der Waals surface area contributed by atoms with Gasteiger partial charge in [-0.1, -0.05) is 27.7 Å². The van der Waals surface area contributed by atoms with Crippen LogP contribution < -0.4 is 4.74 Å². The van der Waals surface area contributed by atoms with Crippen molar-refractivity contribution in [2.75, 3.05) is 26.7 Å². The third-order valence-electron chi connectivity index (χ3n) is 3.92. The summed E-state index contributed by atoms with van der Waals surface area (Å²) in [6, 6.07) is 6.24. The predicted octanol–water partition coefficient (Wildman–Crippen LogP) is 4.75. The van der Waals surface area contributed by atoms with Gasteiger partial charge in [0.15, 0.2) is 0 Å². The molecule has 0 bridgehead atoms. The molecule has 0 saturated carbocycles. The third-order valence-corrected chi connectivity index (χ3v) is 3.92. The molecule has 0 spiro atoms. The number of fused-ring (bicyclic) bond motifs is 1. The van der Waals surface area contributed by atoms with Gasteiger partial charge >= 0.3 is 0 Å². The lowest BCUT2D eigenvalue weighted by atomic mass is 10.1. The van der Waals surface area contributed by atoms with Gasteiger partial charge in [0.2, 0.25) is 0 Å². The minimum Gasteiger partial charge on any atom is -0.497 e. The first-order valence-corrected chi connectivity index (χ1v) is 8.36. The maximum Gasteiger partial charge on any atom is 0.119 e. The number of nitrogens with zero attached hydrogens (tertiary/aromatic N) is 1. The molecule has 0 amide bonds. The van der Waals surface area contributed by atoms with Crippen molar-refractivity contribution in [3.63, 3.8) is 0 Å². The number of hydrogen-bond acceptors (Lipinski definition) is 2. The van der Waals surface area contributed by atoms with E-state index in [9.17, 15) is 0 Å². The summed E-state index contributed by atoms with van der Waals surface area (Å²) in [4.78, 5) is 5.96. The molecule has 1 aromatic carbocycles. The van der Waals surface area contributed by atoms with Crippen LogP contribution in [0.4, 0.5) is 0 Å². The zero-order valence-electron chi connectivity index (χ0n) is 15.1. The summed E-state index contributed by atoms with van der Waals surface area (Å²) in [7, 11) is 1.72. The molecule has 130 valence electrons. The number of halogens is 1. The standard InChI is InChI=1S/C19H30N2O.ClH/c1-14(2)12-21(13-15(3)4)9-8-16-11-20-19-7-6-17(22-5)10-18(16)19;/h6-7,10-11,14-15,20H,8-9,12-13H2,1-5H3;1H. The van der Waals surface area contributed by atoms with Crippen LogP contribution in [0, 0.1) is 11.8 Å². The minimum absolute atomic E-state index is 0. The van der Waals surface area contributed by atoms with Crippen molar-refractivity contribution in [3.8, 4) is 5.75 Å². The molecule has 3 nitrogen and oxygen atoms in total. The molecule has 1 aromatic heterocycles. The fourth-order valence-electron chi connectivity index (χ4n) is 3.06. The lowest BCUT2D eigenvalue weighted by Gasteiger charge is -2.26. The molecule has 1 N–H and O–H groups in total. The average molecular weight is 339 g/mol. The maximum atomic E-state index is 5.35. The molecular weight excluding hydrogens is 308 g/mol. The van der Waals surface area contributed by atoms with Crippen LogP contribution in [0.1, 0.15) is 33.3 Å². The largest absolute Gasteiger partial charge is 0.497 e. The van der Waals surface area contributed by atoms with E-state index in [4.69, 9.17) is 4.74 Å². The number of benzene rings is 1. The number of ether oxygens (including phenoxy) is 1. The Bertz CT molecular complexity index is 582. The second kappa shape index (κ2) is 9.19. The van der Waals surface area contributed by atoms with Crippen LogP contribution in [0.2, 0.25) is 0 Å². The van der Waals surface area contributed by atoms with E-state index in [1.54, 1.807) is 7.11 Å². The van der Waals surface area contributed by atoms with Crippen molar-refractivity contribution >= 4 is 23.3 Å². The molecule has 23 heavy (non-hydrogen) atoms. The highest BCUT2D eigenvalue weighted by molar-refractivity contribution is 5.85. The number of H-pyrrole nitrogens is 1. The summed E-state index contributed by atoms with van der Waals surface area (Å²) in [6.07, 6.45) is 3.22. The smallest absolute Gasteiger partial charge is 0.119 e. The number of rotatable bonds is 8. The molecule has 2 rings (SSSR count). The van der Waals surface area contributed by atoms with E-state index in [2.05, 4.69) is 55.9 Å². The van der Waals surface area contributed by atoms with Crippen LogP contribution in [-0.4, -0.2) is 36.6 Å². The highest BCUT2D eigenvalue weighted by atomic mass is 35.5. The third kappa shape index (κ3) is 5.74. The van der Waals surface area contributed by atoms with Crippen LogP contribution in [0.3, 0.4) is 0 Å². The summed E-state index contributed by atoms with van der Waals surface area (Å²) >= 11 is 0. The topological polar surface area (TPSA) is 28.3 Å². The first kappa shape index (κ1) is 19.9. The number of methoxy groups -OCH3 is 1. The molecule has 1 heterocycles. The molecule has 0 aliphatic carbocycles. The molecule has 2 aromatic rings. The van der Waals surface area contributed by atoms with Crippen molar-refractivity contribution in [1.82, 2.24) is 9.88 Å². The van der Waals surface area contributed by atoms with Gasteiger partial charge in [0.05, 0.1) is 7.11 Å². The Hall–Kier alpha value is -1.19. The Morgan fingerprint density at radius 2 is 1.74 bits per heavy atom. The Labute approximate surface area is 146 Å². The molecule has 0 aliphatic rings. The van der Waals surface area contributed by atoms with Gasteiger partial charge in [0.25, 0.3) is 0 Å². The normalized spacial score (nSPS) is 11.5. The molecule has 0 radical (unpaired) electrons. The molecule has 0 unspecified atom stereocenters. The van der Waals surface area contributed by atoms with E-state index in [1.165, 1.54) is 29.6 Å². The predicted molar refractivity (Wildman–Crippen MR) is 102 cm³/mol. The first-order chi connectivity index (χ1) is 10.5. The van der Waals surface area contributed by atoms with E-state index in [-0.39, 0.29) is 12.4 Å². The lowest BCUT2D eigenvalue weighted by Crippen LogP contribution is -2.33. The van der Waals surface area contributed by atoms with Crippen molar-refractivity contribution in [2.45, 2.75) is 34.1 Å². The molecule has 4 heteroatoms. The van der Waals surface area contributed by atoms with Gasteiger partial charge in [-0.15, -0.1) is 12.4 Å². The highest BCUT2D eigenvalue weighted by Crippen LogP contribution is 2.24. The van der Waals surface area contributed by atoms with E-state index >= 15 is 0 Å². The zero-order valence-corrected chi connectivity index (χ0v) is 15.9. The summed E-state index contributed by atoms with van der Waals surface area (Å²) in [5.74, 6) is 2.35. The van der Waals surface area contributed by atoms with Crippen LogP contribution in [0.5, 0.6) is 5.75 Å². The lowest BCUT2D eigenvalue weighted by molar-refractivity contribution is 0.222. The van der Waals surface area contributed by atoms with Gasteiger partial charge in [-0.05, 0) is 42.0 Å². The van der Waals surface area contributed by atoms with Gasteiger partial charge in [0.1, 0.15) is 5.75 Å². The van der Waals surface area contributed by atoms with Crippen molar-refractivity contribution in [3.05, 3.63) is 30.0 Å². The van der Waals surface area contributed by atoms with Crippen LogP contribution >= 0.6 is 12.4 Å². The van der Waals surface area contributed by atoms with Crippen LogP contribution in [-0.2, 0) is 6.42 Å². The molecular formula is C19H31ClN2O. The van der Waals surface area contributed by atoms with Gasteiger partial charge in [-0.2, -0.15) is 0 Å². The van der Waals surface area contributed by atoms with Crippen molar-refractivity contribution < 1.29 is 4.74 Å².